The molecule has 1 aliphatic carbocycles. The highest BCUT2D eigenvalue weighted by molar-refractivity contribution is 5.96. The second-order valence-electron chi connectivity index (χ2n) is 7.76. The molecule has 0 bridgehead atoms. The van der Waals surface area contributed by atoms with Crippen LogP contribution in [0.4, 0.5) is 5.69 Å². The number of nitrogens with one attached hydrogen (secondary N) is 2. The molecular formula is C23H26ClN5O2. The third-order valence-electron chi connectivity index (χ3n) is 5.58. The molecule has 5 N–H and O–H groups in total. The fourth-order valence-corrected chi connectivity index (χ4v) is 4.06. The zero-order chi connectivity index (χ0) is 21.4. The maximum absolute atomic E-state index is 12.5. The molecule has 0 saturated heterocycles. The molecule has 0 radical (unpaired) electrons. The highest BCUT2D eigenvalue weighted by atomic mass is 35.5. The van der Waals surface area contributed by atoms with Gasteiger partial charge >= 0.3 is 0 Å². The van der Waals surface area contributed by atoms with Crippen molar-refractivity contribution < 1.29 is 9.90 Å². The zero-order valence-corrected chi connectivity index (χ0v) is 18.3. The van der Waals surface area contributed by atoms with Gasteiger partial charge in [0.2, 0.25) is 5.91 Å². The summed E-state index contributed by atoms with van der Waals surface area (Å²) >= 11 is 0. The van der Waals surface area contributed by atoms with Crippen LogP contribution in [0.15, 0.2) is 36.4 Å². The van der Waals surface area contributed by atoms with E-state index in [4.69, 9.17) is 16.2 Å². The van der Waals surface area contributed by atoms with Crippen LogP contribution in [0.1, 0.15) is 40.1 Å². The van der Waals surface area contributed by atoms with E-state index in [1.165, 1.54) is 23.7 Å². The SMILES string of the molecule is Cc1cc(NC(=O)Cc2cc(C(=N)N)ccc2O)ccc1-n1nc(C)c2c1CCC2.Cl. The highest BCUT2D eigenvalue weighted by Gasteiger charge is 2.21. The quantitative estimate of drug-likeness (QED) is 0.359. The number of benzene rings is 2. The minimum absolute atomic E-state index is 0. The molecule has 4 rings (SSSR count). The molecule has 2 aromatic carbocycles. The van der Waals surface area contributed by atoms with Crippen LogP contribution >= 0.6 is 12.4 Å². The van der Waals surface area contributed by atoms with E-state index in [9.17, 15) is 9.90 Å². The number of nitrogens with two attached hydrogens (primary N) is 1. The monoisotopic (exact) mass is 439 g/mol. The molecule has 1 amide bonds. The van der Waals surface area contributed by atoms with Gasteiger partial charge in [0.05, 0.1) is 17.8 Å². The number of hydrogen-bond acceptors (Lipinski definition) is 4. The zero-order valence-electron chi connectivity index (χ0n) is 17.5. The number of carbonyl (C=O) groups is 1. The summed E-state index contributed by atoms with van der Waals surface area (Å²) in [4.78, 5) is 12.5. The van der Waals surface area contributed by atoms with Gasteiger partial charge in [-0.05, 0) is 80.6 Å². The van der Waals surface area contributed by atoms with Crippen molar-refractivity contribution in [2.45, 2.75) is 39.5 Å². The Morgan fingerprint density at radius 2 is 2.00 bits per heavy atom. The highest BCUT2D eigenvalue weighted by Crippen LogP contribution is 2.29. The molecule has 162 valence electrons. The summed E-state index contributed by atoms with van der Waals surface area (Å²) in [5, 5.41) is 25.1. The van der Waals surface area contributed by atoms with Crippen molar-refractivity contribution in [3.8, 4) is 11.4 Å². The number of phenols is 1. The summed E-state index contributed by atoms with van der Waals surface area (Å²) in [5.74, 6) is -0.359. The van der Waals surface area contributed by atoms with Crippen molar-refractivity contribution >= 4 is 29.8 Å². The van der Waals surface area contributed by atoms with E-state index in [2.05, 4.69) is 12.2 Å². The Labute approximate surface area is 187 Å². The number of amidine groups is 1. The van der Waals surface area contributed by atoms with Gasteiger partial charge in [-0.3, -0.25) is 10.2 Å². The van der Waals surface area contributed by atoms with Gasteiger partial charge in [-0.25, -0.2) is 4.68 Å². The predicted molar refractivity (Wildman–Crippen MR) is 124 cm³/mol. The number of aromatic hydroxyl groups is 1. The Hall–Kier alpha value is -3.32. The van der Waals surface area contributed by atoms with Crippen molar-refractivity contribution in [2.24, 2.45) is 5.73 Å². The van der Waals surface area contributed by atoms with Gasteiger partial charge < -0.3 is 16.2 Å². The van der Waals surface area contributed by atoms with Gasteiger partial charge in [0, 0.05) is 22.5 Å². The first-order valence-electron chi connectivity index (χ1n) is 9.98. The number of halogens is 1. The first-order chi connectivity index (χ1) is 14.3. The van der Waals surface area contributed by atoms with E-state index in [-0.39, 0.29) is 36.3 Å². The molecule has 0 saturated carbocycles. The van der Waals surface area contributed by atoms with Gasteiger partial charge in [0.15, 0.2) is 0 Å². The summed E-state index contributed by atoms with van der Waals surface area (Å²) in [6.07, 6.45) is 3.28. The Bertz CT molecular complexity index is 1170. The molecule has 0 fully saturated rings. The first kappa shape index (κ1) is 22.4. The number of anilines is 1. The van der Waals surface area contributed by atoms with Crippen molar-refractivity contribution in [1.82, 2.24) is 9.78 Å². The Balaban J connectivity index is 0.00000272. The van der Waals surface area contributed by atoms with Crippen LogP contribution in [0.5, 0.6) is 5.75 Å². The van der Waals surface area contributed by atoms with E-state index < -0.39 is 0 Å². The number of nitrogens with zero attached hydrogens (tertiary/aromatic N) is 2. The average molecular weight is 440 g/mol. The number of aryl methyl sites for hydroxylation is 2. The molecule has 1 aromatic heterocycles. The predicted octanol–water partition coefficient (Wildman–Crippen LogP) is 3.57. The van der Waals surface area contributed by atoms with E-state index in [1.807, 2.05) is 29.8 Å². The lowest BCUT2D eigenvalue weighted by atomic mass is 10.1. The van der Waals surface area contributed by atoms with Crippen LogP contribution in [0, 0.1) is 19.3 Å². The molecule has 31 heavy (non-hydrogen) atoms. The Morgan fingerprint density at radius 3 is 2.71 bits per heavy atom. The molecule has 7 nitrogen and oxygen atoms in total. The van der Waals surface area contributed by atoms with Gasteiger partial charge in [-0.2, -0.15) is 5.10 Å². The fourth-order valence-electron chi connectivity index (χ4n) is 4.06. The fraction of sp³-hybridized carbons (Fsp3) is 0.261. The maximum Gasteiger partial charge on any atom is 0.228 e. The summed E-state index contributed by atoms with van der Waals surface area (Å²) in [7, 11) is 0. The van der Waals surface area contributed by atoms with E-state index in [0.29, 0.717) is 16.8 Å². The number of carbonyl (C=O) groups excluding carboxylic acids is 1. The van der Waals surface area contributed by atoms with Gasteiger partial charge in [0.25, 0.3) is 0 Å². The largest absolute Gasteiger partial charge is 0.508 e. The number of phenolic OH excluding ortho intramolecular Hbond substituents is 1. The van der Waals surface area contributed by atoms with Crippen LogP contribution in [0.2, 0.25) is 0 Å². The summed E-state index contributed by atoms with van der Waals surface area (Å²) in [6.45, 7) is 4.06. The third kappa shape index (κ3) is 4.41. The molecule has 0 unspecified atom stereocenters. The topological polar surface area (TPSA) is 117 Å². The van der Waals surface area contributed by atoms with Crippen LogP contribution in [0.3, 0.4) is 0 Å². The number of hydrogen-bond donors (Lipinski definition) is 4. The number of fused-ring (bicyclic) bond motifs is 1. The normalized spacial score (nSPS) is 12.2. The molecule has 1 aliphatic rings. The lowest BCUT2D eigenvalue weighted by Crippen LogP contribution is -2.16. The smallest absolute Gasteiger partial charge is 0.228 e. The molecular weight excluding hydrogens is 414 g/mol. The van der Waals surface area contributed by atoms with Gasteiger partial charge in [-0.15, -0.1) is 12.4 Å². The molecule has 0 spiro atoms. The summed E-state index contributed by atoms with van der Waals surface area (Å²) in [5.41, 5.74) is 12.9. The van der Waals surface area contributed by atoms with Crippen molar-refractivity contribution in [2.75, 3.05) is 5.32 Å². The standard InChI is InChI=1S/C23H25N5O2.ClH/c1-13-10-17(7-8-19(13)28-20-5-3-4-18(20)14(2)27-28)26-22(30)12-16-11-15(23(24)25)6-9-21(16)29;/h6-11,29H,3-5,12H2,1-2H3,(H3,24,25)(H,26,30);1H. The minimum Gasteiger partial charge on any atom is -0.508 e. The van der Waals surface area contributed by atoms with E-state index in [0.717, 1.165) is 29.8 Å². The van der Waals surface area contributed by atoms with Crippen LogP contribution in [-0.2, 0) is 24.1 Å². The molecule has 1 heterocycles. The third-order valence-corrected chi connectivity index (χ3v) is 5.58. The second-order valence-corrected chi connectivity index (χ2v) is 7.76. The number of nitrogen functional groups attached to an aromatic ring is 1. The lowest BCUT2D eigenvalue weighted by molar-refractivity contribution is -0.115. The minimum atomic E-state index is -0.256. The summed E-state index contributed by atoms with van der Waals surface area (Å²) < 4.78 is 2.03. The average Bonchev–Trinajstić information content (AvgIpc) is 3.28. The Kier molecular flexibility index (Phi) is 6.36. The maximum atomic E-state index is 12.5. The van der Waals surface area contributed by atoms with Crippen LogP contribution in [-0.4, -0.2) is 26.6 Å². The second kappa shape index (κ2) is 8.81. The first-order valence-corrected chi connectivity index (χ1v) is 9.98. The van der Waals surface area contributed by atoms with Crippen molar-refractivity contribution in [1.29, 1.82) is 5.41 Å². The summed E-state index contributed by atoms with van der Waals surface area (Å²) in [6, 6.07) is 10.3. The van der Waals surface area contributed by atoms with Crippen molar-refractivity contribution in [3.05, 3.63) is 70.0 Å². The van der Waals surface area contributed by atoms with Gasteiger partial charge in [-0.1, -0.05) is 0 Å². The van der Waals surface area contributed by atoms with Crippen LogP contribution in [0.25, 0.3) is 5.69 Å². The van der Waals surface area contributed by atoms with Crippen LogP contribution < -0.4 is 11.1 Å². The number of aromatic nitrogens is 2. The lowest BCUT2D eigenvalue weighted by Gasteiger charge is -2.12. The number of rotatable bonds is 5. The molecule has 3 aromatic rings. The molecule has 0 atom stereocenters. The Morgan fingerprint density at radius 1 is 1.23 bits per heavy atom. The molecule has 0 aliphatic heterocycles. The number of amides is 1. The van der Waals surface area contributed by atoms with Crippen molar-refractivity contribution in [3.63, 3.8) is 0 Å². The van der Waals surface area contributed by atoms with E-state index >= 15 is 0 Å². The molecule has 8 heteroatoms. The van der Waals surface area contributed by atoms with E-state index in [1.54, 1.807) is 12.1 Å². The van der Waals surface area contributed by atoms with Gasteiger partial charge in [0.1, 0.15) is 11.6 Å².